The van der Waals surface area contributed by atoms with Crippen molar-refractivity contribution < 1.29 is 14.0 Å². The molecule has 0 aliphatic carbocycles. The van der Waals surface area contributed by atoms with E-state index in [0.717, 1.165) is 11.1 Å². The molecule has 2 heterocycles. The van der Waals surface area contributed by atoms with Crippen LogP contribution in [0.4, 0.5) is 5.82 Å². The van der Waals surface area contributed by atoms with Crippen LogP contribution >= 0.6 is 23.2 Å². The second kappa shape index (κ2) is 10.4. The fourth-order valence-electron chi connectivity index (χ4n) is 3.02. The molecule has 2 aromatic heterocycles. The van der Waals surface area contributed by atoms with Gasteiger partial charge in [0.05, 0.1) is 12.8 Å². The van der Waals surface area contributed by atoms with Crippen molar-refractivity contribution in [2.45, 2.75) is 13.0 Å². The Morgan fingerprint density at radius 3 is 2.76 bits per heavy atom. The van der Waals surface area contributed by atoms with E-state index < -0.39 is 5.76 Å². The number of halogens is 2. The molecule has 0 aliphatic heterocycles. The maximum atomic E-state index is 11.0. The van der Waals surface area contributed by atoms with Gasteiger partial charge in [0.25, 0.3) is 0 Å². The molecule has 0 spiro atoms. The van der Waals surface area contributed by atoms with Gasteiger partial charge < -0.3 is 14.8 Å². The highest BCUT2D eigenvalue weighted by Crippen LogP contribution is 2.26. The molecule has 0 saturated carbocycles. The summed E-state index contributed by atoms with van der Waals surface area (Å²) in [5.41, 5.74) is 2.42. The molecule has 0 unspecified atom stereocenters. The van der Waals surface area contributed by atoms with Crippen LogP contribution in [0, 0.1) is 0 Å². The summed E-state index contributed by atoms with van der Waals surface area (Å²) >= 11 is 12.2. The summed E-state index contributed by atoms with van der Waals surface area (Å²) in [6.07, 6.45) is 0.686. The van der Waals surface area contributed by atoms with Crippen LogP contribution in [0.2, 0.25) is 10.0 Å². The second-order valence-electron chi connectivity index (χ2n) is 6.90. The van der Waals surface area contributed by atoms with Gasteiger partial charge in [-0.1, -0.05) is 46.6 Å². The van der Waals surface area contributed by atoms with E-state index in [1.807, 2.05) is 36.4 Å². The van der Waals surface area contributed by atoms with Gasteiger partial charge in [-0.15, -0.1) is 0 Å². The van der Waals surface area contributed by atoms with E-state index in [1.165, 1.54) is 7.11 Å². The third-order valence-corrected chi connectivity index (χ3v) is 5.18. The largest absolute Gasteiger partial charge is 0.486 e. The summed E-state index contributed by atoms with van der Waals surface area (Å²) < 4.78 is 15.4. The molecule has 11 heteroatoms. The Labute approximate surface area is 198 Å². The number of aromatic amines is 1. The molecule has 0 saturated heterocycles. The number of nitrogens with one attached hydrogen (secondary N) is 2. The van der Waals surface area contributed by atoms with Crippen molar-refractivity contribution in [3.05, 3.63) is 80.5 Å². The van der Waals surface area contributed by atoms with Crippen molar-refractivity contribution in [1.82, 2.24) is 20.1 Å². The summed E-state index contributed by atoms with van der Waals surface area (Å²) in [7, 11) is 1.51. The van der Waals surface area contributed by atoms with Gasteiger partial charge in [-0.3, -0.25) is 9.51 Å². The number of hydrogen-bond acceptors (Lipinski definition) is 8. The first-order chi connectivity index (χ1) is 16.0. The normalized spacial score (nSPS) is 10.8. The first-order valence-electron chi connectivity index (χ1n) is 9.89. The van der Waals surface area contributed by atoms with E-state index in [1.54, 1.807) is 12.1 Å². The predicted molar refractivity (Wildman–Crippen MR) is 124 cm³/mol. The number of rotatable bonds is 9. The van der Waals surface area contributed by atoms with Crippen LogP contribution in [-0.4, -0.2) is 33.8 Å². The molecule has 2 N–H and O–H groups in total. The average Bonchev–Trinajstić information content (AvgIpc) is 3.24. The number of aromatic nitrogens is 4. The Kier molecular flexibility index (Phi) is 7.11. The van der Waals surface area contributed by atoms with Crippen molar-refractivity contribution in [3.8, 4) is 23.0 Å². The van der Waals surface area contributed by atoms with Crippen LogP contribution in [0.3, 0.4) is 0 Å². The van der Waals surface area contributed by atoms with Gasteiger partial charge in [0, 0.05) is 28.2 Å². The third-order valence-electron chi connectivity index (χ3n) is 4.59. The number of nitrogens with zero attached hydrogens (tertiary/aromatic N) is 3. The summed E-state index contributed by atoms with van der Waals surface area (Å²) in [5.74, 6) is 0.837. The van der Waals surface area contributed by atoms with Crippen molar-refractivity contribution in [3.63, 3.8) is 0 Å². The van der Waals surface area contributed by atoms with E-state index >= 15 is 0 Å². The quantitative estimate of drug-likeness (QED) is 0.357. The van der Waals surface area contributed by atoms with Crippen molar-refractivity contribution in [2.75, 3.05) is 19.0 Å². The molecule has 0 aliphatic rings. The van der Waals surface area contributed by atoms with Gasteiger partial charge in [0.1, 0.15) is 18.2 Å². The fourth-order valence-corrected chi connectivity index (χ4v) is 3.53. The fraction of sp³-hybridized carbons (Fsp3) is 0.182. The zero-order chi connectivity index (χ0) is 23.2. The summed E-state index contributed by atoms with van der Waals surface area (Å²) in [6, 6.07) is 14.8. The topological polar surface area (TPSA) is 115 Å². The molecular formula is C22H19Cl2N5O4. The van der Waals surface area contributed by atoms with Crippen LogP contribution in [0.25, 0.3) is 11.3 Å². The number of benzene rings is 2. The Bertz CT molecular complexity index is 1310. The average molecular weight is 488 g/mol. The van der Waals surface area contributed by atoms with E-state index in [4.69, 9.17) is 32.7 Å². The van der Waals surface area contributed by atoms with Crippen molar-refractivity contribution in [1.29, 1.82) is 0 Å². The highest BCUT2D eigenvalue weighted by atomic mass is 35.5. The number of ether oxygens (including phenoxy) is 2. The Morgan fingerprint density at radius 2 is 2.00 bits per heavy atom. The molecule has 0 radical (unpaired) electrons. The Morgan fingerprint density at radius 1 is 1.12 bits per heavy atom. The van der Waals surface area contributed by atoms with E-state index in [0.29, 0.717) is 46.1 Å². The van der Waals surface area contributed by atoms with Crippen LogP contribution in [0.15, 0.2) is 57.8 Å². The number of hydrogen-bond donors (Lipinski definition) is 2. The van der Waals surface area contributed by atoms with E-state index in [9.17, 15) is 4.79 Å². The van der Waals surface area contributed by atoms with Crippen LogP contribution in [0.1, 0.15) is 11.4 Å². The SMILES string of the molecule is COc1nc(NCCc2ccc(Cl)cc2Cl)cc(-c2cccc(OCc3noc(=O)[nH]3)c2)n1. The van der Waals surface area contributed by atoms with Crippen molar-refractivity contribution >= 4 is 29.0 Å². The number of H-pyrrole nitrogens is 1. The third kappa shape index (κ3) is 6.03. The minimum Gasteiger partial charge on any atom is -0.486 e. The monoisotopic (exact) mass is 487 g/mol. The maximum Gasteiger partial charge on any atom is 0.439 e. The number of methoxy groups -OCH3 is 1. The van der Waals surface area contributed by atoms with Crippen molar-refractivity contribution in [2.24, 2.45) is 0 Å². The molecular weight excluding hydrogens is 469 g/mol. The molecule has 0 bridgehead atoms. The lowest BCUT2D eigenvalue weighted by Gasteiger charge is -2.11. The first kappa shape index (κ1) is 22.6. The lowest BCUT2D eigenvalue weighted by Crippen LogP contribution is -2.08. The first-order valence-corrected chi connectivity index (χ1v) is 10.6. The van der Waals surface area contributed by atoms with Gasteiger partial charge in [-0.25, -0.2) is 4.79 Å². The lowest BCUT2D eigenvalue weighted by atomic mass is 10.1. The summed E-state index contributed by atoms with van der Waals surface area (Å²) in [4.78, 5) is 22.3. The zero-order valence-electron chi connectivity index (χ0n) is 17.5. The molecule has 2 aromatic carbocycles. The summed E-state index contributed by atoms with van der Waals surface area (Å²) in [5, 5.41) is 8.08. The van der Waals surface area contributed by atoms with Gasteiger partial charge in [-0.05, 0) is 36.2 Å². The molecule has 33 heavy (non-hydrogen) atoms. The molecule has 170 valence electrons. The summed E-state index contributed by atoms with van der Waals surface area (Å²) in [6.45, 7) is 0.655. The van der Waals surface area contributed by atoms with Gasteiger partial charge in [0.15, 0.2) is 5.82 Å². The maximum absolute atomic E-state index is 11.0. The van der Waals surface area contributed by atoms with Gasteiger partial charge in [-0.2, -0.15) is 9.97 Å². The van der Waals surface area contributed by atoms with Gasteiger partial charge in [0.2, 0.25) is 0 Å². The Balaban J connectivity index is 1.47. The molecule has 4 rings (SSSR count). The highest BCUT2D eigenvalue weighted by Gasteiger charge is 2.10. The van der Waals surface area contributed by atoms with E-state index in [-0.39, 0.29) is 12.6 Å². The second-order valence-corrected chi connectivity index (χ2v) is 7.74. The molecule has 0 atom stereocenters. The molecule has 9 nitrogen and oxygen atoms in total. The van der Waals surface area contributed by atoms with E-state index in [2.05, 4.69) is 29.9 Å². The molecule has 0 amide bonds. The predicted octanol–water partition coefficient (Wildman–Crippen LogP) is 4.37. The zero-order valence-corrected chi connectivity index (χ0v) is 19.0. The highest BCUT2D eigenvalue weighted by molar-refractivity contribution is 6.35. The minimum atomic E-state index is -0.631. The lowest BCUT2D eigenvalue weighted by molar-refractivity contribution is 0.285. The van der Waals surface area contributed by atoms with Crippen LogP contribution in [0.5, 0.6) is 11.8 Å². The Hall–Kier alpha value is -3.56. The number of anilines is 1. The minimum absolute atomic E-state index is 0.0579. The molecule has 4 aromatic rings. The van der Waals surface area contributed by atoms with Crippen LogP contribution < -0.4 is 20.5 Å². The standard InChI is InChI=1S/C22H19Cl2N5O4/c1-31-21-26-18(11-19(27-21)25-8-7-13-5-6-15(23)10-17(13)24)14-3-2-4-16(9-14)32-12-20-28-22(30)33-29-20/h2-6,9-11H,7-8,12H2,1H3,(H,25,26,27)(H,28,29,30). The smallest absolute Gasteiger partial charge is 0.439 e. The van der Waals surface area contributed by atoms with Crippen LogP contribution in [-0.2, 0) is 13.0 Å². The van der Waals surface area contributed by atoms with Gasteiger partial charge >= 0.3 is 11.8 Å². The molecule has 0 fully saturated rings.